The van der Waals surface area contributed by atoms with Gasteiger partial charge in [0.05, 0.1) is 0 Å². The summed E-state index contributed by atoms with van der Waals surface area (Å²) in [6.07, 6.45) is 3.74. The summed E-state index contributed by atoms with van der Waals surface area (Å²) in [7, 11) is 0. The molecule has 0 unspecified atom stereocenters. The molecule has 0 atom stereocenters. The monoisotopic (exact) mass is 221 g/mol. The number of nitrogens with zero attached hydrogens (tertiary/aromatic N) is 1. The van der Waals surface area contributed by atoms with Crippen LogP contribution in [0, 0.1) is 0 Å². The Morgan fingerprint density at radius 1 is 1.33 bits per heavy atom. The minimum absolute atomic E-state index is 0.440. The highest BCUT2D eigenvalue weighted by molar-refractivity contribution is 8.13. The molecule has 0 spiro atoms. The van der Waals surface area contributed by atoms with Gasteiger partial charge in [-0.2, -0.15) is 5.10 Å². The SMILES string of the molecule is NN=C(N)SCc1ccc2c(c1)CCC2. The van der Waals surface area contributed by atoms with Crippen LogP contribution in [0.2, 0.25) is 0 Å². The highest BCUT2D eigenvalue weighted by Crippen LogP contribution is 2.24. The number of nitrogens with two attached hydrogens (primary N) is 2. The zero-order valence-corrected chi connectivity index (χ0v) is 9.39. The summed E-state index contributed by atoms with van der Waals surface area (Å²) in [5.74, 6) is 5.92. The fourth-order valence-electron chi connectivity index (χ4n) is 1.91. The van der Waals surface area contributed by atoms with Crippen LogP contribution in [0.25, 0.3) is 0 Å². The van der Waals surface area contributed by atoms with E-state index >= 15 is 0 Å². The van der Waals surface area contributed by atoms with E-state index in [0.29, 0.717) is 5.17 Å². The molecule has 0 saturated carbocycles. The Kier molecular flexibility index (Phi) is 3.16. The van der Waals surface area contributed by atoms with Gasteiger partial charge in [0.15, 0.2) is 5.17 Å². The summed E-state index contributed by atoms with van der Waals surface area (Å²) in [4.78, 5) is 0. The maximum absolute atomic E-state index is 5.52. The van der Waals surface area contributed by atoms with Crippen LogP contribution in [-0.2, 0) is 18.6 Å². The molecule has 1 aromatic rings. The fourth-order valence-corrected chi connectivity index (χ4v) is 2.48. The summed E-state index contributed by atoms with van der Waals surface area (Å²) in [6, 6.07) is 6.67. The third kappa shape index (κ3) is 2.45. The van der Waals surface area contributed by atoms with E-state index < -0.39 is 0 Å². The molecule has 80 valence electrons. The van der Waals surface area contributed by atoms with Crippen molar-refractivity contribution in [2.45, 2.75) is 25.0 Å². The first kappa shape index (κ1) is 10.4. The van der Waals surface area contributed by atoms with Crippen molar-refractivity contribution in [3.63, 3.8) is 0 Å². The van der Waals surface area contributed by atoms with Crippen LogP contribution in [0.4, 0.5) is 0 Å². The quantitative estimate of drug-likeness (QED) is 0.345. The van der Waals surface area contributed by atoms with Crippen LogP contribution < -0.4 is 11.6 Å². The highest BCUT2D eigenvalue weighted by atomic mass is 32.2. The van der Waals surface area contributed by atoms with Gasteiger partial charge in [-0.25, -0.2) is 0 Å². The van der Waals surface area contributed by atoms with Crippen molar-refractivity contribution in [3.8, 4) is 0 Å². The minimum Gasteiger partial charge on any atom is -0.377 e. The molecule has 1 aliphatic rings. The predicted octanol–water partition coefficient (Wildman–Crippen LogP) is 1.60. The van der Waals surface area contributed by atoms with E-state index in [1.54, 1.807) is 0 Å². The topological polar surface area (TPSA) is 64.4 Å². The van der Waals surface area contributed by atoms with Crippen LogP contribution in [0.1, 0.15) is 23.1 Å². The Morgan fingerprint density at radius 2 is 2.13 bits per heavy atom. The number of benzene rings is 1. The number of hydrogen-bond donors (Lipinski definition) is 2. The molecule has 0 bridgehead atoms. The van der Waals surface area contributed by atoms with Crippen LogP contribution in [0.3, 0.4) is 0 Å². The second-order valence-corrected chi connectivity index (χ2v) is 4.71. The molecule has 1 aliphatic carbocycles. The van der Waals surface area contributed by atoms with Gasteiger partial charge < -0.3 is 11.6 Å². The summed E-state index contributed by atoms with van der Waals surface area (Å²) in [6.45, 7) is 0. The van der Waals surface area contributed by atoms with Gasteiger partial charge in [0.1, 0.15) is 0 Å². The van der Waals surface area contributed by atoms with Crippen molar-refractivity contribution in [1.29, 1.82) is 0 Å². The van der Waals surface area contributed by atoms with E-state index in [4.69, 9.17) is 11.6 Å². The van der Waals surface area contributed by atoms with Crippen molar-refractivity contribution < 1.29 is 0 Å². The Morgan fingerprint density at radius 3 is 2.93 bits per heavy atom. The summed E-state index contributed by atoms with van der Waals surface area (Å²) in [5.41, 5.74) is 9.82. The van der Waals surface area contributed by atoms with E-state index in [1.165, 1.54) is 47.7 Å². The zero-order valence-electron chi connectivity index (χ0n) is 8.57. The first-order valence-electron chi connectivity index (χ1n) is 5.06. The Hall–Kier alpha value is -1.16. The molecule has 0 heterocycles. The van der Waals surface area contributed by atoms with Gasteiger partial charge in [-0.05, 0) is 36.0 Å². The molecule has 2 rings (SSSR count). The zero-order chi connectivity index (χ0) is 10.7. The lowest BCUT2D eigenvalue weighted by Gasteiger charge is -2.04. The number of fused-ring (bicyclic) bond motifs is 1. The molecule has 0 aliphatic heterocycles. The Balaban J connectivity index is 2.04. The Labute approximate surface area is 93.9 Å². The lowest BCUT2D eigenvalue weighted by atomic mass is 10.1. The van der Waals surface area contributed by atoms with Gasteiger partial charge in [0.25, 0.3) is 0 Å². The van der Waals surface area contributed by atoms with E-state index in [9.17, 15) is 0 Å². The second-order valence-electron chi connectivity index (χ2n) is 3.71. The number of hydrogen-bond acceptors (Lipinski definition) is 3. The first-order valence-corrected chi connectivity index (χ1v) is 6.05. The van der Waals surface area contributed by atoms with Gasteiger partial charge in [0, 0.05) is 5.75 Å². The maximum atomic E-state index is 5.52. The maximum Gasteiger partial charge on any atom is 0.177 e. The average molecular weight is 221 g/mol. The lowest BCUT2D eigenvalue weighted by molar-refractivity contribution is 0.911. The van der Waals surface area contributed by atoms with E-state index in [-0.39, 0.29) is 0 Å². The molecule has 4 heteroatoms. The molecule has 4 N–H and O–H groups in total. The largest absolute Gasteiger partial charge is 0.377 e. The number of thioether (sulfide) groups is 1. The number of amidine groups is 1. The normalized spacial score (nSPS) is 15.3. The van der Waals surface area contributed by atoms with E-state index in [0.717, 1.165) is 5.75 Å². The Bertz CT molecular complexity index is 387. The fraction of sp³-hybridized carbons (Fsp3) is 0.364. The van der Waals surface area contributed by atoms with Gasteiger partial charge in [-0.15, -0.1) is 0 Å². The van der Waals surface area contributed by atoms with Gasteiger partial charge in [-0.3, -0.25) is 0 Å². The van der Waals surface area contributed by atoms with Crippen molar-refractivity contribution in [3.05, 3.63) is 34.9 Å². The molecule has 1 aromatic carbocycles. The number of rotatable bonds is 2. The lowest BCUT2D eigenvalue weighted by Crippen LogP contribution is -2.09. The molecular weight excluding hydrogens is 206 g/mol. The first-order chi connectivity index (χ1) is 7.29. The van der Waals surface area contributed by atoms with Crippen molar-refractivity contribution in [2.24, 2.45) is 16.7 Å². The summed E-state index contributed by atoms with van der Waals surface area (Å²) < 4.78 is 0. The van der Waals surface area contributed by atoms with Crippen LogP contribution >= 0.6 is 11.8 Å². The predicted molar refractivity (Wildman–Crippen MR) is 65.6 cm³/mol. The average Bonchev–Trinajstić information content (AvgIpc) is 2.72. The third-order valence-electron chi connectivity index (χ3n) is 2.68. The smallest absolute Gasteiger partial charge is 0.177 e. The van der Waals surface area contributed by atoms with Crippen LogP contribution in [-0.4, -0.2) is 5.17 Å². The van der Waals surface area contributed by atoms with E-state index in [1.807, 2.05) is 0 Å². The third-order valence-corrected chi connectivity index (χ3v) is 3.56. The molecule has 0 radical (unpaired) electrons. The van der Waals surface area contributed by atoms with Crippen molar-refractivity contribution in [1.82, 2.24) is 0 Å². The van der Waals surface area contributed by atoms with Crippen LogP contribution in [0.15, 0.2) is 23.3 Å². The number of aryl methyl sites for hydroxylation is 2. The summed E-state index contributed by atoms with van der Waals surface area (Å²) >= 11 is 1.48. The second kappa shape index (κ2) is 4.57. The van der Waals surface area contributed by atoms with Gasteiger partial charge >= 0.3 is 0 Å². The van der Waals surface area contributed by atoms with Crippen LogP contribution in [0.5, 0.6) is 0 Å². The van der Waals surface area contributed by atoms with Gasteiger partial charge in [-0.1, -0.05) is 30.0 Å². The number of hydrazone groups is 1. The highest BCUT2D eigenvalue weighted by Gasteiger charge is 2.10. The van der Waals surface area contributed by atoms with E-state index in [2.05, 4.69) is 23.3 Å². The molecule has 0 saturated heterocycles. The van der Waals surface area contributed by atoms with Gasteiger partial charge in [0.2, 0.25) is 0 Å². The molecule has 0 aromatic heterocycles. The van der Waals surface area contributed by atoms with Crippen molar-refractivity contribution in [2.75, 3.05) is 0 Å². The summed E-state index contributed by atoms with van der Waals surface area (Å²) in [5, 5.41) is 3.87. The molecule has 15 heavy (non-hydrogen) atoms. The standard InChI is InChI=1S/C11H15N3S/c12-11(14-13)15-7-8-4-5-9-2-1-3-10(9)6-8/h4-6H,1-3,7,13H2,(H2,12,14). The molecular formula is C11H15N3S. The molecule has 0 fully saturated rings. The van der Waals surface area contributed by atoms with Crippen molar-refractivity contribution >= 4 is 16.9 Å². The minimum atomic E-state index is 0.440. The molecule has 0 amide bonds. The molecule has 3 nitrogen and oxygen atoms in total.